The number of halogens is 1. The number of Topliss-reactive ketones (excluding diaryl/α,β-unsaturated/α-hetero) is 1. The Morgan fingerprint density at radius 2 is 1.77 bits per heavy atom. The Hall–Kier alpha value is -2.19. The average Bonchev–Trinajstić information content (AvgIpc) is 2.91. The zero-order valence-corrected chi connectivity index (χ0v) is 16.3. The highest BCUT2D eigenvalue weighted by Gasteiger charge is 2.45. The Labute approximate surface area is 165 Å². The monoisotopic (exact) mass is 463 g/mol. The number of methoxy groups -OCH3 is 1. The van der Waals surface area contributed by atoms with Crippen molar-refractivity contribution in [3.63, 3.8) is 0 Å². The third-order valence-electron chi connectivity index (χ3n) is 4.31. The molecule has 134 valence electrons. The van der Waals surface area contributed by atoms with E-state index in [9.17, 15) is 14.7 Å². The molecule has 5 nitrogen and oxygen atoms in total. The number of amides is 1. The molecule has 6 heteroatoms. The SMILES string of the molecule is COCCN1C(=O)C(=O)C(=C(O)c2ccccc2)[C@H]1c1ccc(I)cc1. The number of rotatable bonds is 5. The molecule has 1 aliphatic heterocycles. The van der Waals surface area contributed by atoms with Gasteiger partial charge in [-0.25, -0.2) is 0 Å². The van der Waals surface area contributed by atoms with Gasteiger partial charge in [-0.3, -0.25) is 9.59 Å². The first-order chi connectivity index (χ1) is 12.5. The molecule has 1 atom stereocenters. The van der Waals surface area contributed by atoms with Crippen LogP contribution in [0.15, 0.2) is 60.2 Å². The Morgan fingerprint density at radius 1 is 1.12 bits per heavy atom. The van der Waals surface area contributed by atoms with Crippen molar-refractivity contribution in [2.75, 3.05) is 20.3 Å². The summed E-state index contributed by atoms with van der Waals surface area (Å²) in [4.78, 5) is 26.7. The second-order valence-corrected chi connectivity index (χ2v) is 7.15. The van der Waals surface area contributed by atoms with Crippen LogP contribution in [0.4, 0.5) is 0 Å². The largest absolute Gasteiger partial charge is 0.507 e. The number of hydrogen-bond acceptors (Lipinski definition) is 4. The lowest BCUT2D eigenvalue weighted by atomic mass is 9.95. The highest BCUT2D eigenvalue weighted by molar-refractivity contribution is 14.1. The van der Waals surface area contributed by atoms with Crippen LogP contribution < -0.4 is 0 Å². The first-order valence-electron chi connectivity index (χ1n) is 8.13. The van der Waals surface area contributed by atoms with Gasteiger partial charge in [-0.05, 0) is 40.3 Å². The Bertz CT molecular complexity index is 846. The first kappa shape index (κ1) is 18.6. The summed E-state index contributed by atoms with van der Waals surface area (Å²) in [5.74, 6) is -1.46. The number of carbonyl (C=O) groups is 2. The van der Waals surface area contributed by atoms with Crippen LogP contribution in [0.5, 0.6) is 0 Å². The molecule has 2 aromatic rings. The minimum Gasteiger partial charge on any atom is -0.507 e. The van der Waals surface area contributed by atoms with Gasteiger partial charge in [-0.1, -0.05) is 42.5 Å². The number of ether oxygens (including phenoxy) is 1. The molecule has 0 radical (unpaired) electrons. The lowest BCUT2D eigenvalue weighted by molar-refractivity contribution is -0.140. The number of ketones is 1. The fourth-order valence-corrected chi connectivity index (χ4v) is 3.40. The second kappa shape index (κ2) is 8.01. The van der Waals surface area contributed by atoms with Crippen molar-refractivity contribution in [1.82, 2.24) is 4.90 Å². The molecular formula is C20H18INO4. The van der Waals surface area contributed by atoms with E-state index in [0.29, 0.717) is 12.2 Å². The normalized spacial score (nSPS) is 19.2. The molecule has 0 unspecified atom stereocenters. The first-order valence-corrected chi connectivity index (χ1v) is 9.20. The van der Waals surface area contributed by atoms with Gasteiger partial charge in [-0.15, -0.1) is 0 Å². The molecule has 3 rings (SSSR count). The minimum absolute atomic E-state index is 0.110. The Kier molecular flexibility index (Phi) is 5.73. The van der Waals surface area contributed by atoms with Gasteiger partial charge in [-0.2, -0.15) is 0 Å². The number of aliphatic hydroxyl groups is 1. The molecule has 1 heterocycles. The van der Waals surface area contributed by atoms with Crippen LogP contribution >= 0.6 is 22.6 Å². The van der Waals surface area contributed by atoms with Gasteiger partial charge in [0, 0.05) is 22.8 Å². The molecular weight excluding hydrogens is 445 g/mol. The van der Waals surface area contributed by atoms with Crippen LogP contribution in [-0.4, -0.2) is 42.0 Å². The molecule has 0 aliphatic carbocycles. The van der Waals surface area contributed by atoms with E-state index in [1.807, 2.05) is 30.3 Å². The summed E-state index contributed by atoms with van der Waals surface area (Å²) in [6.07, 6.45) is 0. The summed E-state index contributed by atoms with van der Waals surface area (Å²) >= 11 is 2.19. The number of likely N-dealkylation sites (tertiary alicyclic amines) is 1. The molecule has 0 spiro atoms. The molecule has 1 saturated heterocycles. The molecule has 0 aromatic heterocycles. The van der Waals surface area contributed by atoms with Crippen molar-refractivity contribution in [2.24, 2.45) is 0 Å². The average molecular weight is 463 g/mol. The van der Waals surface area contributed by atoms with E-state index in [2.05, 4.69) is 22.6 Å². The van der Waals surface area contributed by atoms with E-state index in [4.69, 9.17) is 4.74 Å². The maximum absolute atomic E-state index is 12.7. The zero-order chi connectivity index (χ0) is 18.7. The zero-order valence-electron chi connectivity index (χ0n) is 14.2. The van der Waals surface area contributed by atoms with Crippen LogP contribution in [0.2, 0.25) is 0 Å². The van der Waals surface area contributed by atoms with Crippen molar-refractivity contribution < 1.29 is 19.4 Å². The predicted octanol–water partition coefficient (Wildman–Crippen LogP) is 3.36. The topological polar surface area (TPSA) is 66.8 Å². The van der Waals surface area contributed by atoms with Crippen LogP contribution in [0, 0.1) is 3.57 Å². The fourth-order valence-electron chi connectivity index (χ4n) is 3.04. The predicted molar refractivity (Wildman–Crippen MR) is 106 cm³/mol. The number of nitrogens with zero attached hydrogens (tertiary/aromatic N) is 1. The van der Waals surface area contributed by atoms with Crippen LogP contribution in [0.3, 0.4) is 0 Å². The van der Waals surface area contributed by atoms with Gasteiger partial charge in [0.2, 0.25) is 0 Å². The van der Waals surface area contributed by atoms with Gasteiger partial charge < -0.3 is 14.7 Å². The quantitative estimate of drug-likeness (QED) is 0.320. The van der Waals surface area contributed by atoms with Crippen molar-refractivity contribution in [3.05, 3.63) is 74.9 Å². The van der Waals surface area contributed by atoms with E-state index in [0.717, 1.165) is 9.13 Å². The van der Waals surface area contributed by atoms with Crippen LogP contribution in [-0.2, 0) is 14.3 Å². The van der Waals surface area contributed by atoms with Gasteiger partial charge in [0.1, 0.15) is 5.76 Å². The number of carbonyl (C=O) groups excluding carboxylic acids is 2. The Balaban J connectivity index is 2.15. The maximum Gasteiger partial charge on any atom is 0.295 e. The smallest absolute Gasteiger partial charge is 0.295 e. The van der Waals surface area contributed by atoms with Crippen molar-refractivity contribution >= 4 is 40.0 Å². The van der Waals surface area contributed by atoms with E-state index in [-0.39, 0.29) is 17.9 Å². The molecule has 2 aromatic carbocycles. The third kappa shape index (κ3) is 3.52. The molecule has 1 aliphatic rings. The van der Waals surface area contributed by atoms with Crippen molar-refractivity contribution in [1.29, 1.82) is 0 Å². The highest BCUT2D eigenvalue weighted by Crippen LogP contribution is 2.39. The molecule has 1 amide bonds. The fraction of sp³-hybridized carbons (Fsp3) is 0.200. The van der Waals surface area contributed by atoms with Gasteiger partial charge >= 0.3 is 0 Å². The van der Waals surface area contributed by atoms with Crippen LogP contribution in [0.25, 0.3) is 5.76 Å². The number of benzene rings is 2. The van der Waals surface area contributed by atoms with E-state index < -0.39 is 17.7 Å². The molecule has 26 heavy (non-hydrogen) atoms. The molecule has 1 fully saturated rings. The van der Waals surface area contributed by atoms with Gasteiger partial charge in [0.05, 0.1) is 18.2 Å². The van der Waals surface area contributed by atoms with Crippen LogP contribution in [0.1, 0.15) is 17.2 Å². The van der Waals surface area contributed by atoms with Crippen molar-refractivity contribution in [3.8, 4) is 0 Å². The summed E-state index contributed by atoms with van der Waals surface area (Å²) in [5.41, 5.74) is 1.39. The maximum atomic E-state index is 12.7. The summed E-state index contributed by atoms with van der Waals surface area (Å²) in [5, 5.41) is 10.8. The second-order valence-electron chi connectivity index (χ2n) is 5.90. The Morgan fingerprint density at radius 3 is 2.38 bits per heavy atom. The summed E-state index contributed by atoms with van der Waals surface area (Å²) in [6, 6.07) is 15.7. The van der Waals surface area contributed by atoms with Gasteiger partial charge in [0.25, 0.3) is 11.7 Å². The molecule has 0 saturated carbocycles. The number of hydrogen-bond donors (Lipinski definition) is 1. The van der Waals surface area contributed by atoms with E-state index >= 15 is 0 Å². The number of aliphatic hydroxyl groups excluding tert-OH is 1. The summed E-state index contributed by atoms with van der Waals surface area (Å²) < 4.78 is 6.13. The van der Waals surface area contributed by atoms with E-state index in [1.54, 1.807) is 31.4 Å². The minimum atomic E-state index is -0.675. The van der Waals surface area contributed by atoms with E-state index in [1.165, 1.54) is 4.90 Å². The third-order valence-corrected chi connectivity index (χ3v) is 5.03. The highest BCUT2D eigenvalue weighted by atomic mass is 127. The lowest BCUT2D eigenvalue weighted by Gasteiger charge is -2.25. The van der Waals surface area contributed by atoms with Gasteiger partial charge in [0.15, 0.2) is 0 Å². The summed E-state index contributed by atoms with van der Waals surface area (Å²) in [6.45, 7) is 0.572. The summed E-state index contributed by atoms with van der Waals surface area (Å²) in [7, 11) is 1.54. The van der Waals surface area contributed by atoms with Crippen molar-refractivity contribution in [2.45, 2.75) is 6.04 Å². The lowest BCUT2D eigenvalue weighted by Crippen LogP contribution is -2.32. The standard InChI is InChI=1S/C20H18INO4/c1-26-12-11-22-17(13-7-9-15(21)10-8-13)16(19(24)20(22)25)18(23)14-5-3-2-4-6-14/h2-10,17,23H,11-12H2,1H3/t17-/m1/s1. The molecule has 1 N–H and O–H groups in total. The molecule has 0 bridgehead atoms.